The Morgan fingerprint density at radius 2 is 2.00 bits per heavy atom. The van der Waals surface area contributed by atoms with E-state index in [2.05, 4.69) is 31.3 Å². The van der Waals surface area contributed by atoms with Crippen molar-refractivity contribution in [1.82, 2.24) is 10.3 Å². The van der Waals surface area contributed by atoms with Crippen molar-refractivity contribution in [2.75, 3.05) is 20.2 Å². The molecule has 1 fully saturated rings. The molecule has 0 spiro atoms. The second-order valence-corrected chi connectivity index (χ2v) is 6.90. The van der Waals surface area contributed by atoms with Crippen molar-refractivity contribution in [1.29, 1.82) is 0 Å². The quantitative estimate of drug-likeness (QED) is 0.933. The summed E-state index contributed by atoms with van der Waals surface area (Å²) in [4.78, 5) is 6.26. The molecule has 0 amide bonds. The second-order valence-electron chi connectivity index (χ2n) is 5.67. The number of aryl methyl sites for hydroxylation is 2. The van der Waals surface area contributed by atoms with Gasteiger partial charge in [-0.15, -0.1) is 11.3 Å². The molecule has 1 aromatic heterocycles. The van der Waals surface area contributed by atoms with Crippen LogP contribution >= 0.6 is 11.3 Å². The predicted molar refractivity (Wildman–Crippen MR) is 88.4 cm³/mol. The topological polar surface area (TPSA) is 34.1 Å². The number of nitrogens with one attached hydrogen (secondary N) is 1. The average molecular weight is 302 g/mol. The maximum atomic E-state index is 5.34. The lowest BCUT2D eigenvalue weighted by molar-refractivity contribution is 0.412. The van der Waals surface area contributed by atoms with Crippen LogP contribution in [0.1, 0.15) is 34.2 Å². The monoisotopic (exact) mass is 302 g/mol. The molecule has 1 aromatic carbocycles. The van der Waals surface area contributed by atoms with Gasteiger partial charge < -0.3 is 10.1 Å². The van der Waals surface area contributed by atoms with Crippen LogP contribution in [0.2, 0.25) is 0 Å². The Bertz CT molecular complexity index is 630. The number of benzene rings is 1. The third-order valence-corrected chi connectivity index (χ3v) is 5.30. The first-order valence-corrected chi connectivity index (χ1v) is 8.33. The first kappa shape index (κ1) is 14.5. The summed E-state index contributed by atoms with van der Waals surface area (Å²) >= 11 is 1.86. The lowest BCUT2D eigenvalue weighted by atomic mass is 9.99. The van der Waals surface area contributed by atoms with Gasteiger partial charge in [-0.05, 0) is 63.5 Å². The van der Waals surface area contributed by atoms with E-state index in [1.54, 1.807) is 7.11 Å². The van der Waals surface area contributed by atoms with E-state index >= 15 is 0 Å². The first-order valence-electron chi connectivity index (χ1n) is 7.52. The molecule has 2 aromatic rings. The molecule has 1 saturated heterocycles. The predicted octanol–water partition coefficient (Wildman–Crippen LogP) is 3.90. The van der Waals surface area contributed by atoms with Gasteiger partial charge in [0.15, 0.2) is 0 Å². The molecule has 0 bridgehead atoms. The zero-order valence-electron chi connectivity index (χ0n) is 12.9. The molecule has 0 radical (unpaired) electrons. The molecule has 21 heavy (non-hydrogen) atoms. The zero-order chi connectivity index (χ0) is 14.8. The van der Waals surface area contributed by atoms with Crippen molar-refractivity contribution < 1.29 is 4.74 Å². The van der Waals surface area contributed by atoms with E-state index in [0.29, 0.717) is 5.92 Å². The smallest absolute Gasteiger partial charge is 0.121 e. The number of aromatic nitrogens is 1. The molecule has 1 aliphatic rings. The van der Waals surface area contributed by atoms with Gasteiger partial charge >= 0.3 is 0 Å². The summed E-state index contributed by atoms with van der Waals surface area (Å²) in [5.74, 6) is 1.56. The summed E-state index contributed by atoms with van der Waals surface area (Å²) in [6.45, 7) is 6.48. The zero-order valence-corrected chi connectivity index (χ0v) is 13.7. The van der Waals surface area contributed by atoms with Crippen molar-refractivity contribution in [3.05, 3.63) is 33.6 Å². The van der Waals surface area contributed by atoms with E-state index in [-0.39, 0.29) is 0 Å². The van der Waals surface area contributed by atoms with E-state index < -0.39 is 0 Å². The van der Waals surface area contributed by atoms with Gasteiger partial charge in [-0.1, -0.05) is 0 Å². The Labute approximate surface area is 130 Å². The highest BCUT2D eigenvalue weighted by Gasteiger charge is 2.20. The highest BCUT2D eigenvalue weighted by molar-refractivity contribution is 7.12. The van der Waals surface area contributed by atoms with Gasteiger partial charge in [-0.25, -0.2) is 4.98 Å². The molecular formula is C17H22N2OS. The molecule has 0 aliphatic carbocycles. The number of hydrogen-bond acceptors (Lipinski definition) is 4. The van der Waals surface area contributed by atoms with Gasteiger partial charge in [0.25, 0.3) is 0 Å². The SMILES string of the molecule is COc1ccc(-c2nc(C3CCNCC3)sc2C)cc1C. The number of nitrogens with zero attached hydrogens (tertiary/aromatic N) is 1. The largest absolute Gasteiger partial charge is 0.496 e. The minimum atomic E-state index is 0.628. The Hall–Kier alpha value is -1.39. The van der Waals surface area contributed by atoms with E-state index in [1.165, 1.54) is 28.3 Å². The number of piperidine rings is 1. The number of methoxy groups -OCH3 is 1. The van der Waals surface area contributed by atoms with Gasteiger partial charge in [-0.2, -0.15) is 0 Å². The Morgan fingerprint density at radius 1 is 1.24 bits per heavy atom. The van der Waals surface area contributed by atoms with E-state index in [9.17, 15) is 0 Å². The molecule has 112 valence electrons. The van der Waals surface area contributed by atoms with Crippen LogP contribution in [0.4, 0.5) is 0 Å². The van der Waals surface area contributed by atoms with Crippen molar-refractivity contribution in [3.63, 3.8) is 0 Å². The van der Waals surface area contributed by atoms with Gasteiger partial charge in [0.2, 0.25) is 0 Å². The molecule has 3 rings (SSSR count). The maximum Gasteiger partial charge on any atom is 0.121 e. The fourth-order valence-electron chi connectivity index (χ4n) is 2.95. The lowest BCUT2D eigenvalue weighted by Crippen LogP contribution is -2.26. The van der Waals surface area contributed by atoms with Crippen LogP contribution in [0.5, 0.6) is 5.75 Å². The van der Waals surface area contributed by atoms with Gasteiger partial charge in [0.05, 0.1) is 17.8 Å². The Morgan fingerprint density at radius 3 is 2.67 bits per heavy atom. The van der Waals surface area contributed by atoms with Gasteiger partial charge in [0.1, 0.15) is 5.75 Å². The van der Waals surface area contributed by atoms with Crippen LogP contribution in [0.3, 0.4) is 0 Å². The van der Waals surface area contributed by atoms with Gasteiger partial charge in [-0.3, -0.25) is 0 Å². The van der Waals surface area contributed by atoms with Crippen molar-refractivity contribution in [3.8, 4) is 17.0 Å². The van der Waals surface area contributed by atoms with Crippen molar-refractivity contribution in [2.24, 2.45) is 0 Å². The molecule has 4 heteroatoms. The molecule has 3 nitrogen and oxygen atoms in total. The summed E-state index contributed by atoms with van der Waals surface area (Å²) in [6.07, 6.45) is 2.40. The fraction of sp³-hybridized carbons (Fsp3) is 0.471. The van der Waals surface area contributed by atoms with Crippen LogP contribution in [0.15, 0.2) is 18.2 Å². The summed E-state index contributed by atoms with van der Waals surface area (Å²) in [5, 5.41) is 4.72. The van der Waals surface area contributed by atoms with E-state index in [0.717, 1.165) is 30.1 Å². The Kier molecular flexibility index (Phi) is 4.27. The van der Waals surface area contributed by atoms with Crippen LogP contribution in [-0.4, -0.2) is 25.2 Å². The molecule has 2 heterocycles. The van der Waals surface area contributed by atoms with Crippen LogP contribution in [0.25, 0.3) is 11.3 Å². The highest BCUT2D eigenvalue weighted by atomic mass is 32.1. The molecule has 1 aliphatic heterocycles. The minimum absolute atomic E-state index is 0.628. The van der Waals surface area contributed by atoms with Crippen LogP contribution in [-0.2, 0) is 0 Å². The molecule has 0 unspecified atom stereocenters. The lowest BCUT2D eigenvalue weighted by Gasteiger charge is -2.20. The standard InChI is InChI=1S/C17H22N2OS/c1-11-10-14(4-5-15(11)20-3)16-12(2)21-17(19-16)13-6-8-18-9-7-13/h4-5,10,13,18H,6-9H2,1-3H3. The molecule has 0 saturated carbocycles. The molecule has 0 atom stereocenters. The third-order valence-electron chi connectivity index (χ3n) is 4.17. The van der Waals surface area contributed by atoms with Gasteiger partial charge in [0, 0.05) is 16.4 Å². The number of ether oxygens (including phenoxy) is 1. The summed E-state index contributed by atoms with van der Waals surface area (Å²) in [7, 11) is 1.71. The van der Waals surface area contributed by atoms with E-state index in [1.807, 2.05) is 17.4 Å². The highest BCUT2D eigenvalue weighted by Crippen LogP contribution is 2.35. The van der Waals surface area contributed by atoms with Crippen LogP contribution in [0, 0.1) is 13.8 Å². The van der Waals surface area contributed by atoms with Crippen molar-refractivity contribution >= 4 is 11.3 Å². The van der Waals surface area contributed by atoms with Crippen molar-refractivity contribution in [2.45, 2.75) is 32.6 Å². The molecule has 1 N–H and O–H groups in total. The summed E-state index contributed by atoms with van der Waals surface area (Å²) < 4.78 is 5.34. The number of thiazole rings is 1. The number of rotatable bonds is 3. The summed E-state index contributed by atoms with van der Waals surface area (Å²) in [6, 6.07) is 6.32. The fourth-order valence-corrected chi connectivity index (χ4v) is 4.07. The van der Waals surface area contributed by atoms with Crippen LogP contribution < -0.4 is 10.1 Å². The maximum absolute atomic E-state index is 5.34. The second kappa shape index (κ2) is 6.16. The Balaban J connectivity index is 1.91. The average Bonchev–Trinajstić information content (AvgIpc) is 2.90. The van der Waals surface area contributed by atoms with E-state index in [4.69, 9.17) is 9.72 Å². The molecular weight excluding hydrogens is 280 g/mol. The minimum Gasteiger partial charge on any atom is -0.496 e. The summed E-state index contributed by atoms with van der Waals surface area (Å²) in [5.41, 5.74) is 3.49. The number of hydrogen-bond donors (Lipinski definition) is 1. The normalized spacial score (nSPS) is 16.1. The third kappa shape index (κ3) is 2.97. The first-order chi connectivity index (χ1) is 10.2.